The van der Waals surface area contributed by atoms with E-state index in [0.29, 0.717) is 25.9 Å². The predicted molar refractivity (Wildman–Crippen MR) is 111 cm³/mol. The molecular formula is C20H31N3O5S. The summed E-state index contributed by atoms with van der Waals surface area (Å²) >= 11 is 0. The smallest absolute Gasteiger partial charge is 0.408 e. The molecule has 0 radical (unpaired) electrons. The van der Waals surface area contributed by atoms with Gasteiger partial charge in [-0.1, -0.05) is 44.2 Å². The first-order chi connectivity index (χ1) is 13.7. The zero-order valence-electron chi connectivity index (χ0n) is 17.3. The van der Waals surface area contributed by atoms with Crippen molar-refractivity contribution in [1.82, 2.24) is 14.9 Å². The molecule has 1 aromatic rings. The molecule has 2 N–H and O–H groups in total. The lowest BCUT2D eigenvalue weighted by atomic mass is 10.0. The maximum atomic E-state index is 12.7. The lowest BCUT2D eigenvalue weighted by Gasteiger charge is -2.32. The van der Waals surface area contributed by atoms with Crippen LogP contribution in [0.15, 0.2) is 30.3 Å². The highest BCUT2D eigenvalue weighted by molar-refractivity contribution is 7.89. The third-order valence-corrected chi connectivity index (χ3v) is 6.88. The molecule has 2 rings (SSSR count). The van der Waals surface area contributed by atoms with Crippen LogP contribution in [-0.2, 0) is 26.2 Å². The molecule has 0 saturated carbocycles. The number of alkyl carbamates (subject to hydrolysis) is 1. The summed E-state index contributed by atoms with van der Waals surface area (Å²) in [5, 5.41) is 5.58. The lowest BCUT2D eigenvalue weighted by molar-refractivity contribution is -0.125. The molecule has 1 heterocycles. The minimum Gasteiger partial charge on any atom is -0.445 e. The van der Waals surface area contributed by atoms with Crippen molar-refractivity contribution in [3.63, 3.8) is 0 Å². The molecule has 0 spiro atoms. The summed E-state index contributed by atoms with van der Waals surface area (Å²) in [6.07, 6.45) is 0.453. The van der Waals surface area contributed by atoms with Gasteiger partial charge in [0, 0.05) is 19.1 Å². The summed E-state index contributed by atoms with van der Waals surface area (Å²) < 4.78 is 30.6. The van der Waals surface area contributed by atoms with Crippen LogP contribution >= 0.6 is 0 Å². The quantitative estimate of drug-likeness (QED) is 0.662. The summed E-state index contributed by atoms with van der Waals surface area (Å²) in [6, 6.07) is 8.46. The molecule has 1 fully saturated rings. The van der Waals surface area contributed by atoms with Gasteiger partial charge in [-0.15, -0.1) is 0 Å². The van der Waals surface area contributed by atoms with E-state index in [1.165, 1.54) is 4.31 Å². The van der Waals surface area contributed by atoms with Crippen molar-refractivity contribution in [2.24, 2.45) is 5.92 Å². The van der Waals surface area contributed by atoms with Crippen LogP contribution in [0.4, 0.5) is 4.79 Å². The monoisotopic (exact) mass is 425 g/mol. The van der Waals surface area contributed by atoms with Crippen LogP contribution in [0.3, 0.4) is 0 Å². The van der Waals surface area contributed by atoms with Gasteiger partial charge in [-0.05, 0) is 31.2 Å². The first-order valence-electron chi connectivity index (χ1n) is 9.98. The third kappa shape index (κ3) is 7.01. The molecule has 1 aliphatic heterocycles. The molecule has 1 aromatic carbocycles. The van der Waals surface area contributed by atoms with Crippen LogP contribution < -0.4 is 10.6 Å². The molecule has 1 aliphatic rings. The second-order valence-electron chi connectivity index (χ2n) is 7.51. The minimum absolute atomic E-state index is 0.0778. The normalized spacial score (nSPS) is 17.0. The van der Waals surface area contributed by atoms with Crippen molar-refractivity contribution in [2.45, 2.75) is 52.3 Å². The van der Waals surface area contributed by atoms with Gasteiger partial charge in [0.05, 0.1) is 5.75 Å². The Morgan fingerprint density at radius 2 is 1.79 bits per heavy atom. The topological polar surface area (TPSA) is 105 Å². The van der Waals surface area contributed by atoms with Crippen molar-refractivity contribution >= 4 is 22.0 Å². The van der Waals surface area contributed by atoms with Gasteiger partial charge in [-0.25, -0.2) is 17.5 Å². The number of nitrogens with zero attached hydrogens (tertiary/aromatic N) is 1. The van der Waals surface area contributed by atoms with E-state index in [1.54, 1.807) is 6.92 Å². The fourth-order valence-corrected chi connectivity index (χ4v) is 4.31. The molecule has 162 valence electrons. The summed E-state index contributed by atoms with van der Waals surface area (Å²) in [5.74, 6) is -0.331. The number of amides is 2. The van der Waals surface area contributed by atoms with Crippen LogP contribution in [0.1, 0.15) is 39.2 Å². The van der Waals surface area contributed by atoms with E-state index in [-0.39, 0.29) is 30.2 Å². The number of nitrogens with one attached hydrogen (secondary N) is 2. The fraction of sp³-hybridized carbons (Fsp3) is 0.600. The predicted octanol–water partition coefficient (Wildman–Crippen LogP) is 1.87. The molecule has 0 unspecified atom stereocenters. The number of rotatable bonds is 8. The first kappa shape index (κ1) is 23.2. The maximum absolute atomic E-state index is 12.7. The minimum atomic E-state index is -3.20. The van der Waals surface area contributed by atoms with Gasteiger partial charge in [-0.3, -0.25) is 4.79 Å². The Balaban J connectivity index is 1.84. The fourth-order valence-electron chi connectivity index (χ4n) is 3.18. The van der Waals surface area contributed by atoms with Crippen molar-refractivity contribution < 1.29 is 22.7 Å². The standard InChI is InChI=1S/C20H31N3O5S/c1-4-29(26,27)23-12-10-17(11-13-23)21-19(24)18(15(2)3)22-20(25)28-14-16-8-6-5-7-9-16/h5-9,15,17-18H,4,10-14H2,1-3H3,(H,21,24)(H,22,25)/t18-/m1/s1. The van der Waals surface area contributed by atoms with Crippen molar-refractivity contribution in [1.29, 1.82) is 0 Å². The van der Waals surface area contributed by atoms with Crippen LogP contribution in [0, 0.1) is 5.92 Å². The summed E-state index contributed by atoms with van der Waals surface area (Å²) in [5.41, 5.74) is 0.863. The third-order valence-electron chi connectivity index (χ3n) is 4.99. The Morgan fingerprint density at radius 1 is 1.17 bits per heavy atom. The molecule has 2 amide bonds. The van der Waals surface area contributed by atoms with Gasteiger partial charge < -0.3 is 15.4 Å². The van der Waals surface area contributed by atoms with Gasteiger partial charge in [-0.2, -0.15) is 0 Å². The zero-order chi connectivity index (χ0) is 21.4. The highest BCUT2D eigenvalue weighted by Crippen LogP contribution is 2.15. The largest absolute Gasteiger partial charge is 0.445 e. The second-order valence-corrected chi connectivity index (χ2v) is 9.77. The molecule has 0 bridgehead atoms. The Bertz CT molecular complexity index is 775. The number of piperidine rings is 1. The van der Waals surface area contributed by atoms with Crippen LogP contribution in [-0.4, -0.2) is 55.6 Å². The molecule has 29 heavy (non-hydrogen) atoms. The molecule has 1 saturated heterocycles. The number of benzene rings is 1. The number of ether oxygens (including phenoxy) is 1. The van der Waals surface area contributed by atoms with E-state index in [9.17, 15) is 18.0 Å². The maximum Gasteiger partial charge on any atom is 0.408 e. The van der Waals surface area contributed by atoms with E-state index in [2.05, 4.69) is 10.6 Å². The summed E-state index contributed by atoms with van der Waals surface area (Å²) in [4.78, 5) is 24.8. The molecule has 0 aliphatic carbocycles. The van der Waals surface area contributed by atoms with E-state index < -0.39 is 22.2 Å². The SMILES string of the molecule is CCS(=O)(=O)N1CCC(NC(=O)[C@H](NC(=O)OCc2ccccc2)C(C)C)CC1. The van der Waals surface area contributed by atoms with Gasteiger partial charge >= 0.3 is 6.09 Å². The Kier molecular flexibility index (Phi) is 8.45. The summed E-state index contributed by atoms with van der Waals surface area (Å²) in [6.45, 7) is 6.22. The van der Waals surface area contributed by atoms with E-state index >= 15 is 0 Å². The van der Waals surface area contributed by atoms with E-state index in [0.717, 1.165) is 5.56 Å². The van der Waals surface area contributed by atoms with E-state index in [1.807, 2.05) is 44.2 Å². The highest BCUT2D eigenvalue weighted by atomic mass is 32.2. The average molecular weight is 426 g/mol. The van der Waals surface area contributed by atoms with Crippen molar-refractivity contribution in [3.8, 4) is 0 Å². The molecule has 8 nitrogen and oxygen atoms in total. The number of carbonyl (C=O) groups excluding carboxylic acids is 2. The van der Waals surface area contributed by atoms with Gasteiger partial charge in [0.15, 0.2) is 0 Å². The molecular weight excluding hydrogens is 394 g/mol. The zero-order valence-corrected chi connectivity index (χ0v) is 18.1. The number of carbonyl (C=O) groups is 2. The summed E-state index contributed by atoms with van der Waals surface area (Å²) in [7, 11) is -3.20. The van der Waals surface area contributed by atoms with Crippen LogP contribution in [0.25, 0.3) is 0 Å². The molecule has 9 heteroatoms. The number of hydrogen-bond acceptors (Lipinski definition) is 5. The van der Waals surface area contributed by atoms with Crippen LogP contribution in [0.2, 0.25) is 0 Å². The number of sulfonamides is 1. The lowest BCUT2D eigenvalue weighted by Crippen LogP contribution is -2.54. The van der Waals surface area contributed by atoms with E-state index in [4.69, 9.17) is 4.74 Å². The van der Waals surface area contributed by atoms with Gasteiger partial charge in [0.1, 0.15) is 12.6 Å². The van der Waals surface area contributed by atoms with Gasteiger partial charge in [0.25, 0.3) is 0 Å². The Labute approximate surface area is 173 Å². The molecule has 1 atom stereocenters. The second kappa shape index (κ2) is 10.6. The Morgan fingerprint density at radius 3 is 2.34 bits per heavy atom. The van der Waals surface area contributed by atoms with Crippen molar-refractivity contribution in [3.05, 3.63) is 35.9 Å². The van der Waals surface area contributed by atoms with Crippen LogP contribution in [0.5, 0.6) is 0 Å². The van der Waals surface area contributed by atoms with Crippen molar-refractivity contribution in [2.75, 3.05) is 18.8 Å². The first-order valence-corrected chi connectivity index (χ1v) is 11.6. The Hall–Kier alpha value is -2.13. The molecule has 0 aromatic heterocycles. The number of hydrogen-bond donors (Lipinski definition) is 2. The average Bonchev–Trinajstić information content (AvgIpc) is 2.71. The highest BCUT2D eigenvalue weighted by Gasteiger charge is 2.30. The van der Waals surface area contributed by atoms with Gasteiger partial charge in [0.2, 0.25) is 15.9 Å².